The van der Waals surface area contributed by atoms with Crippen LogP contribution in [0.1, 0.15) is 57.2 Å². The van der Waals surface area contributed by atoms with Crippen molar-refractivity contribution in [2.45, 2.75) is 69.6 Å². The van der Waals surface area contributed by atoms with Crippen molar-refractivity contribution in [2.24, 2.45) is 11.8 Å². The van der Waals surface area contributed by atoms with Gasteiger partial charge in [0.25, 0.3) is 12.0 Å². The maximum atomic E-state index is 13.8. The molecule has 3 fully saturated rings. The lowest BCUT2D eigenvalue weighted by atomic mass is 9.80. The molecule has 226 valence electrons. The first-order valence-electron chi connectivity index (χ1n) is 14.8. The summed E-state index contributed by atoms with van der Waals surface area (Å²) in [5.41, 5.74) is 4.30. The summed E-state index contributed by atoms with van der Waals surface area (Å²) >= 11 is 6.31. The molecule has 0 aliphatic carbocycles. The summed E-state index contributed by atoms with van der Waals surface area (Å²) in [4.78, 5) is 18.5. The molecule has 10 nitrogen and oxygen atoms in total. The first kappa shape index (κ1) is 29.3. The number of benzene rings is 1. The average molecular weight is 602 g/mol. The molecule has 42 heavy (non-hydrogen) atoms. The third-order valence-electron chi connectivity index (χ3n) is 9.18. The second-order valence-corrected chi connectivity index (χ2v) is 12.4. The number of nitrogens with one attached hydrogen (secondary N) is 3. The molecule has 5 heterocycles. The van der Waals surface area contributed by atoms with E-state index < -0.39 is 12.1 Å². The van der Waals surface area contributed by atoms with Gasteiger partial charge in [0.2, 0.25) is 0 Å². The van der Waals surface area contributed by atoms with Crippen LogP contribution in [0, 0.1) is 11.8 Å². The minimum Gasteiger partial charge on any atom is -0.312 e. The second kappa shape index (κ2) is 12.5. The van der Waals surface area contributed by atoms with Gasteiger partial charge in [0.15, 0.2) is 0 Å². The maximum Gasteiger partial charge on any atom is 0.283 e. The largest absolute Gasteiger partial charge is 0.312 e. The SMILES string of the molecule is C[C@@H]1CCC[C@H](n2cnc(-c3cc(Cl)ccc3-n3cc(C(F)F)nn3)cc2=O)C2CC(CCN2)C2C(CNN2C)NC1. The minimum absolute atomic E-state index is 0.0395. The third kappa shape index (κ3) is 6.00. The molecule has 3 aliphatic rings. The predicted octanol–water partition coefficient (Wildman–Crippen LogP) is 3.59. The molecular formula is C29H38ClF2N9O. The Labute approximate surface area is 248 Å². The zero-order valence-electron chi connectivity index (χ0n) is 23.9. The zero-order chi connectivity index (χ0) is 29.4. The molecule has 6 rings (SSSR count). The molecule has 2 aromatic heterocycles. The van der Waals surface area contributed by atoms with E-state index in [2.05, 4.69) is 45.4 Å². The van der Waals surface area contributed by atoms with E-state index in [9.17, 15) is 13.6 Å². The normalized spacial score (nSPS) is 29.2. The Bertz CT molecular complexity index is 1450. The number of piperidine rings is 1. The highest BCUT2D eigenvalue weighted by Crippen LogP contribution is 2.34. The van der Waals surface area contributed by atoms with Crippen LogP contribution in [0.2, 0.25) is 5.02 Å². The van der Waals surface area contributed by atoms with Gasteiger partial charge in [-0.15, -0.1) is 5.10 Å². The lowest BCUT2D eigenvalue weighted by Crippen LogP contribution is -2.54. The Balaban J connectivity index is 1.32. The Morgan fingerprint density at radius 2 is 1.95 bits per heavy atom. The van der Waals surface area contributed by atoms with E-state index in [1.165, 1.54) is 16.9 Å². The lowest BCUT2D eigenvalue weighted by Gasteiger charge is -2.42. The summed E-state index contributed by atoms with van der Waals surface area (Å²) in [6.45, 7) is 5.11. The summed E-state index contributed by atoms with van der Waals surface area (Å²) in [7, 11) is 2.14. The fourth-order valence-corrected chi connectivity index (χ4v) is 7.21. The van der Waals surface area contributed by atoms with E-state index in [4.69, 9.17) is 16.6 Å². The van der Waals surface area contributed by atoms with E-state index >= 15 is 0 Å². The van der Waals surface area contributed by atoms with Crippen LogP contribution in [0.3, 0.4) is 0 Å². The molecule has 13 heteroatoms. The van der Waals surface area contributed by atoms with Gasteiger partial charge in [-0.25, -0.2) is 23.5 Å². The van der Waals surface area contributed by atoms with E-state index in [-0.39, 0.29) is 17.6 Å². The number of rotatable bonds is 4. The molecule has 3 aliphatic heterocycles. The Morgan fingerprint density at radius 1 is 1.10 bits per heavy atom. The molecule has 4 unspecified atom stereocenters. The van der Waals surface area contributed by atoms with Gasteiger partial charge < -0.3 is 10.6 Å². The van der Waals surface area contributed by atoms with Gasteiger partial charge in [0.1, 0.15) is 5.69 Å². The van der Waals surface area contributed by atoms with Crippen molar-refractivity contribution in [1.29, 1.82) is 0 Å². The quantitative estimate of drug-likeness (QED) is 0.417. The zero-order valence-corrected chi connectivity index (χ0v) is 24.6. The van der Waals surface area contributed by atoms with Crippen molar-refractivity contribution < 1.29 is 8.78 Å². The van der Waals surface area contributed by atoms with Gasteiger partial charge >= 0.3 is 0 Å². The van der Waals surface area contributed by atoms with Crippen molar-refractivity contribution in [2.75, 3.05) is 26.7 Å². The fourth-order valence-electron chi connectivity index (χ4n) is 7.04. The molecule has 3 saturated heterocycles. The predicted molar refractivity (Wildman–Crippen MR) is 157 cm³/mol. The van der Waals surface area contributed by atoms with Crippen LogP contribution < -0.4 is 21.6 Å². The number of nitrogens with zero attached hydrogens (tertiary/aromatic N) is 6. The van der Waals surface area contributed by atoms with E-state index in [1.807, 2.05) is 0 Å². The molecule has 3 aromatic rings. The van der Waals surface area contributed by atoms with Crippen molar-refractivity contribution in [3.05, 3.63) is 57.9 Å². The molecule has 1 aromatic carbocycles. The fraction of sp³-hybridized carbons (Fsp3) is 0.586. The maximum absolute atomic E-state index is 13.8. The Hall–Kier alpha value is -2.77. The average Bonchev–Trinajstić information content (AvgIpc) is 3.61. The molecule has 0 radical (unpaired) electrons. The smallest absolute Gasteiger partial charge is 0.283 e. The number of hydrogen-bond donors (Lipinski definition) is 3. The lowest BCUT2D eigenvalue weighted by molar-refractivity contribution is 0.108. The highest BCUT2D eigenvalue weighted by atomic mass is 35.5. The van der Waals surface area contributed by atoms with Crippen LogP contribution in [-0.2, 0) is 0 Å². The second-order valence-electron chi connectivity index (χ2n) is 12.0. The molecule has 2 bridgehead atoms. The highest BCUT2D eigenvalue weighted by Gasteiger charge is 2.41. The molecule has 0 saturated carbocycles. The number of hydrazine groups is 1. The topological polar surface area (TPSA) is 105 Å². The number of aromatic nitrogens is 5. The van der Waals surface area contributed by atoms with E-state index in [0.29, 0.717) is 45.9 Å². The summed E-state index contributed by atoms with van der Waals surface area (Å²) in [6.07, 6.45) is 5.08. The van der Waals surface area contributed by atoms with Gasteiger partial charge in [-0.2, -0.15) is 0 Å². The number of likely N-dealkylation sites (N-methyl/N-ethyl adjacent to an activating group) is 1. The summed E-state index contributed by atoms with van der Waals surface area (Å²) < 4.78 is 29.4. The van der Waals surface area contributed by atoms with Crippen LogP contribution >= 0.6 is 11.6 Å². The number of fused-ring (bicyclic) bond motifs is 4. The van der Waals surface area contributed by atoms with Crippen molar-refractivity contribution in [1.82, 2.24) is 45.6 Å². The van der Waals surface area contributed by atoms with Crippen molar-refractivity contribution in [3.63, 3.8) is 0 Å². The molecule has 0 amide bonds. The Morgan fingerprint density at radius 3 is 2.74 bits per heavy atom. The van der Waals surface area contributed by atoms with Crippen molar-refractivity contribution >= 4 is 11.6 Å². The summed E-state index contributed by atoms with van der Waals surface area (Å²) in [5.74, 6) is 1.02. The first-order valence-corrected chi connectivity index (χ1v) is 15.2. The first-order chi connectivity index (χ1) is 20.3. The summed E-state index contributed by atoms with van der Waals surface area (Å²) in [5, 5.41) is 17.7. The number of halogens is 3. The van der Waals surface area contributed by atoms with Gasteiger partial charge in [-0.05, 0) is 68.8 Å². The van der Waals surface area contributed by atoms with Crippen LogP contribution in [-0.4, -0.2) is 74.4 Å². The summed E-state index contributed by atoms with van der Waals surface area (Å²) in [6, 6.07) is 7.36. The Kier molecular flexibility index (Phi) is 8.69. The molecule has 6 atom stereocenters. The monoisotopic (exact) mass is 601 g/mol. The van der Waals surface area contributed by atoms with Gasteiger partial charge in [-0.1, -0.05) is 30.2 Å². The van der Waals surface area contributed by atoms with Crippen LogP contribution in [0.25, 0.3) is 16.9 Å². The third-order valence-corrected chi connectivity index (χ3v) is 9.42. The van der Waals surface area contributed by atoms with Gasteiger partial charge in [0, 0.05) is 48.4 Å². The number of alkyl halides is 2. The molecular weight excluding hydrogens is 564 g/mol. The molecule has 3 N–H and O–H groups in total. The van der Waals surface area contributed by atoms with Gasteiger partial charge in [0.05, 0.1) is 29.9 Å². The van der Waals surface area contributed by atoms with Crippen LogP contribution in [0.5, 0.6) is 0 Å². The van der Waals surface area contributed by atoms with E-state index in [0.717, 1.165) is 51.7 Å². The minimum atomic E-state index is -2.74. The number of hydrogen-bond acceptors (Lipinski definition) is 8. The van der Waals surface area contributed by atoms with Crippen LogP contribution in [0.4, 0.5) is 8.78 Å². The van der Waals surface area contributed by atoms with Crippen molar-refractivity contribution in [3.8, 4) is 16.9 Å². The highest BCUT2D eigenvalue weighted by molar-refractivity contribution is 6.31. The molecule has 0 spiro atoms. The van der Waals surface area contributed by atoms with Gasteiger partial charge in [-0.3, -0.25) is 14.8 Å². The standard InChI is InChI=1S/C29H38ClF2N9O/c1-17-4-3-5-26(22-10-18(8-9-33-22)28-23(34-13-17)14-36-39(28)2)40-16-35-21(12-27(40)42)20-11-19(30)6-7-25(20)41-15-24(29(31)32)37-38-41/h6-7,11-12,15-18,22-23,26,28-29,33-34,36H,3-5,8-10,13-14H2,1-2H3/t17-,18?,22?,23?,26+,28?/m1/s1. The van der Waals surface area contributed by atoms with Crippen LogP contribution in [0.15, 0.2) is 41.6 Å². The van der Waals surface area contributed by atoms with E-state index in [1.54, 1.807) is 29.1 Å².